The molecule has 1 unspecified atom stereocenters. The van der Waals surface area contributed by atoms with Gasteiger partial charge in [-0.05, 0) is 58.0 Å². The van der Waals surface area contributed by atoms with Gasteiger partial charge < -0.3 is 9.73 Å². The lowest BCUT2D eigenvalue weighted by atomic mass is 10.2. The third-order valence-corrected chi connectivity index (χ3v) is 4.71. The molecule has 1 aromatic heterocycles. The molecule has 2 aliphatic rings. The van der Waals surface area contributed by atoms with E-state index in [0.717, 1.165) is 43.2 Å². The van der Waals surface area contributed by atoms with E-state index in [-0.39, 0.29) is 0 Å². The number of likely N-dealkylation sites (N-methyl/N-ethyl adjacent to an activating group) is 2. The van der Waals surface area contributed by atoms with Crippen LogP contribution < -0.4 is 5.32 Å². The molecular formula is C17H29N3O. The van der Waals surface area contributed by atoms with Gasteiger partial charge >= 0.3 is 0 Å². The molecule has 1 aliphatic carbocycles. The predicted octanol–water partition coefficient (Wildman–Crippen LogP) is 2.45. The summed E-state index contributed by atoms with van der Waals surface area (Å²) in [4.78, 5) is 5.00. The van der Waals surface area contributed by atoms with Gasteiger partial charge in [0.1, 0.15) is 11.5 Å². The quantitative estimate of drug-likeness (QED) is 0.797. The molecular weight excluding hydrogens is 262 g/mol. The second-order valence-electron chi connectivity index (χ2n) is 6.64. The SMILES string of the molecule is CCN1CCCC1CN(C)Cc1ccc(CNC2CC2)o1. The maximum absolute atomic E-state index is 5.93. The summed E-state index contributed by atoms with van der Waals surface area (Å²) in [5, 5.41) is 3.50. The predicted molar refractivity (Wildman–Crippen MR) is 85.2 cm³/mol. The molecule has 2 fully saturated rings. The fourth-order valence-electron chi connectivity index (χ4n) is 3.34. The van der Waals surface area contributed by atoms with Gasteiger partial charge in [0.25, 0.3) is 0 Å². The van der Waals surface area contributed by atoms with E-state index in [0.29, 0.717) is 0 Å². The van der Waals surface area contributed by atoms with Gasteiger partial charge in [-0.25, -0.2) is 0 Å². The van der Waals surface area contributed by atoms with Crippen LogP contribution >= 0.6 is 0 Å². The molecule has 0 amide bonds. The van der Waals surface area contributed by atoms with E-state index in [1.807, 2.05) is 0 Å². The van der Waals surface area contributed by atoms with E-state index in [4.69, 9.17) is 4.42 Å². The van der Waals surface area contributed by atoms with Crippen LogP contribution in [0.5, 0.6) is 0 Å². The average Bonchev–Trinajstić information content (AvgIpc) is 3.02. The molecule has 2 heterocycles. The number of rotatable bonds is 8. The van der Waals surface area contributed by atoms with Gasteiger partial charge in [0.15, 0.2) is 0 Å². The molecule has 0 bridgehead atoms. The first-order valence-corrected chi connectivity index (χ1v) is 8.48. The zero-order chi connectivity index (χ0) is 14.7. The maximum Gasteiger partial charge on any atom is 0.118 e. The minimum atomic E-state index is 0.728. The van der Waals surface area contributed by atoms with Crippen LogP contribution in [0.15, 0.2) is 16.5 Å². The molecule has 1 atom stereocenters. The van der Waals surface area contributed by atoms with Crippen molar-refractivity contribution in [2.45, 2.75) is 57.8 Å². The summed E-state index contributed by atoms with van der Waals surface area (Å²) in [6, 6.07) is 5.72. The molecule has 1 saturated heterocycles. The van der Waals surface area contributed by atoms with Crippen molar-refractivity contribution < 1.29 is 4.42 Å². The largest absolute Gasteiger partial charge is 0.463 e. The van der Waals surface area contributed by atoms with Gasteiger partial charge in [-0.15, -0.1) is 0 Å². The molecule has 1 N–H and O–H groups in total. The molecule has 3 rings (SSSR count). The summed E-state index contributed by atoms with van der Waals surface area (Å²) in [5.41, 5.74) is 0. The standard InChI is InChI=1S/C17H29N3O/c1-3-20-10-4-5-15(20)12-19(2)13-17-9-8-16(21-17)11-18-14-6-7-14/h8-9,14-15,18H,3-7,10-13H2,1-2H3. The van der Waals surface area contributed by atoms with Crippen LogP contribution in [0.4, 0.5) is 0 Å². The van der Waals surface area contributed by atoms with Crippen LogP contribution in [-0.4, -0.2) is 48.6 Å². The van der Waals surface area contributed by atoms with Crippen molar-refractivity contribution in [2.24, 2.45) is 0 Å². The summed E-state index contributed by atoms with van der Waals surface area (Å²) in [6.45, 7) is 7.65. The molecule has 0 radical (unpaired) electrons. The van der Waals surface area contributed by atoms with Crippen LogP contribution in [0.1, 0.15) is 44.1 Å². The zero-order valence-electron chi connectivity index (χ0n) is 13.5. The first kappa shape index (κ1) is 15.1. The Kier molecular flexibility index (Phi) is 4.99. The number of likely N-dealkylation sites (tertiary alicyclic amines) is 1. The van der Waals surface area contributed by atoms with Crippen LogP contribution in [0.2, 0.25) is 0 Å². The monoisotopic (exact) mass is 291 g/mol. The van der Waals surface area contributed by atoms with Crippen LogP contribution in [0, 0.1) is 0 Å². The Morgan fingerprint density at radius 3 is 2.86 bits per heavy atom. The minimum Gasteiger partial charge on any atom is -0.463 e. The first-order valence-electron chi connectivity index (χ1n) is 8.48. The first-order chi connectivity index (χ1) is 10.2. The zero-order valence-corrected chi connectivity index (χ0v) is 13.5. The average molecular weight is 291 g/mol. The molecule has 1 saturated carbocycles. The fourth-order valence-corrected chi connectivity index (χ4v) is 3.34. The highest BCUT2D eigenvalue weighted by molar-refractivity contribution is 5.07. The number of nitrogens with zero attached hydrogens (tertiary/aromatic N) is 2. The Hall–Kier alpha value is -0.840. The number of nitrogens with one attached hydrogen (secondary N) is 1. The lowest BCUT2D eigenvalue weighted by molar-refractivity contribution is 0.187. The van der Waals surface area contributed by atoms with E-state index in [1.165, 1.54) is 38.8 Å². The Balaban J connectivity index is 1.44. The Morgan fingerprint density at radius 2 is 2.10 bits per heavy atom. The summed E-state index contributed by atoms with van der Waals surface area (Å²) in [5.74, 6) is 2.16. The van der Waals surface area contributed by atoms with Crippen molar-refractivity contribution in [3.63, 3.8) is 0 Å². The fraction of sp³-hybridized carbons (Fsp3) is 0.765. The molecule has 0 aromatic carbocycles. The highest BCUT2D eigenvalue weighted by Gasteiger charge is 2.24. The van der Waals surface area contributed by atoms with Gasteiger partial charge in [-0.2, -0.15) is 0 Å². The summed E-state index contributed by atoms with van der Waals surface area (Å²) in [6.07, 6.45) is 5.34. The topological polar surface area (TPSA) is 31.6 Å². The molecule has 4 nitrogen and oxygen atoms in total. The normalized spacial score (nSPS) is 23.3. The third-order valence-electron chi connectivity index (χ3n) is 4.71. The summed E-state index contributed by atoms with van der Waals surface area (Å²) in [7, 11) is 2.21. The highest BCUT2D eigenvalue weighted by atomic mass is 16.3. The summed E-state index contributed by atoms with van der Waals surface area (Å²) >= 11 is 0. The molecule has 1 aromatic rings. The molecule has 4 heteroatoms. The smallest absolute Gasteiger partial charge is 0.118 e. The van der Waals surface area contributed by atoms with Crippen LogP contribution in [-0.2, 0) is 13.1 Å². The third kappa shape index (κ3) is 4.31. The maximum atomic E-state index is 5.93. The van der Waals surface area contributed by atoms with Crippen LogP contribution in [0.3, 0.4) is 0 Å². The Morgan fingerprint density at radius 1 is 1.29 bits per heavy atom. The molecule has 0 spiro atoms. The van der Waals surface area contributed by atoms with Crippen molar-refractivity contribution in [3.8, 4) is 0 Å². The molecule has 21 heavy (non-hydrogen) atoms. The van der Waals surface area contributed by atoms with E-state index < -0.39 is 0 Å². The van der Waals surface area contributed by atoms with Crippen molar-refractivity contribution in [2.75, 3.05) is 26.7 Å². The Bertz CT molecular complexity index is 441. The molecule has 1 aliphatic heterocycles. The number of hydrogen-bond donors (Lipinski definition) is 1. The number of furan rings is 1. The Labute approximate surface area is 128 Å². The van der Waals surface area contributed by atoms with E-state index >= 15 is 0 Å². The van der Waals surface area contributed by atoms with E-state index in [1.54, 1.807) is 0 Å². The van der Waals surface area contributed by atoms with E-state index in [2.05, 4.69) is 41.2 Å². The van der Waals surface area contributed by atoms with Crippen molar-refractivity contribution in [1.82, 2.24) is 15.1 Å². The second-order valence-corrected chi connectivity index (χ2v) is 6.64. The van der Waals surface area contributed by atoms with Crippen LogP contribution in [0.25, 0.3) is 0 Å². The highest BCUT2D eigenvalue weighted by Crippen LogP contribution is 2.20. The lowest BCUT2D eigenvalue weighted by Crippen LogP contribution is -2.38. The van der Waals surface area contributed by atoms with E-state index in [9.17, 15) is 0 Å². The van der Waals surface area contributed by atoms with Gasteiger partial charge in [0, 0.05) is 18.6 Å². The van der Waals surface area contributed by atoms with Crippen molar-refractivity contribution >= 4 is 0 Å². The van der Waals surface area contributed by atoms with Gasteiger partial charge in [0.05, 0.1) is 13.1 Å². The minimum absolute atomic E-state index is 0.728. The van der Waals surface area contributed by atoms with Crippen molar-refractivity contribution in [1.29, 1.82) is 0 Å². The van der Waals surface area contributed by atoms with Gasteiger partial charge in [0.2, 0.25) is 0 Å². The van der Waals surface area contributed by atoms with Gasteiger partial charge in [-0.1, -0.05) is 6.92 Å². The summed E-state index contributed by atoms with van der Waals surface area (Å²) < 4.78 is 5.93. The number of hydrogen-bond acceptors (Lipinski definition) is 4. The van der Waals surface area contributed by atoms with Crippen molar-refractivity contribution in [3.05, 3.63) is 23.7 Å². The lowest BCUT2D eigenvalue weighted by Gasteiger charge is -2.27. The molecule has 118 valence electrons. The second kappa shape index (κ2) is 6.95. The van der Waals surface area contributed by atoms with Gasteiger partial charge in [-0.3, -0.25) is 9.80 Å².